The number of amides is 2. The number of carbonyl (C=O) groups is 2. The Bertz CT molecular complexity index is 886. The van der Waals surface area contributed by atoms with Crippen molar-refractivity contribution in [2.75, 3.05) is 19.1 Å². The van der Waals surface area contributed by atoms with Crippen LogP contribution in [0.4, 0.5) is 10.6 Å². The molecule has 0 aliphatic heterocycles. The van der Waals surface area contributed by atoms with E-state index in [1.165, 1.54) is 15.6 Å². The summed E-state index contributed by atoms with van der Waals surface area (Å²) in [7, 11) is 3.22. The summed E-state index contributed by atoms with van der Waals surface area (Å²) in [4.78, 5) is 30.8. The first kappa shape index (κ1) is 19.1. The van der Waals surface area contributed by atoms with Gasteiger partial charge in [-0.3, -0.25) is 9.69 Å². The van der Waals surface area contributed by atoms with Crippen molar-refractivity contribution >= 4 is 23.5 Å². The van der Waals surface area contributed by atoms with E-state index in [1.54, 1.807) is 47.9 Å². The topological polar surface area (TPSA) is 98.1 Å². The molecule has 1 fully saturated rings. The van der Waals surface area contributed by atoms with Crippen molar-refractivity contribution in [3.63, 3.8) is 0 Å². The van der Waals surface area contributed by atoms with Gasteiger partial charge in [-0.2, -0.15) is 9.61 Å². The van der Waals surface area contributed by atoms with Gasteiger partial charge in [0.2, 0.25) is 0 Å². The van der Waals surface area contributed by atoms with E-state index < -0.39 is 11.7 Å². The summed E-state index contributed by atoms with van der Waals surface area (Å²) >= 11 is 0. The van der Waals surface area contributed by atoms with Crippen LogP contribution in [-0.4, -0.2) is 58.5 Å². The number of aromatic nitrogens is 3. The summed E-state index contributed by atoms with van der Waals surface area (Å²) in [6.07, 6.45) is 1.78. The molecule has 1 aliphatic rings. The minimum absolute atomic E-state index is 0.00571. The van der Waals surface area contributed by atoms with Crippen LogP contribution < -0.4 is 10.2 Å². The molecule has 1 N–H and O–H groups in total. The Balaban J connectivity index is 1.91. The number of methoxy groups -OCH3 is 1. The lowest BCUT2D eigenvalue weighted by molar-refractivity contribution is 0.0587. The Labute approximate surface area is 157 Å². The molecule has 0 saturated heterocycles. The molecule has 9 nitrogen and oxygen atoms in total. The van der Waals surface area contributed by atoms with Gasteiger partial charge in [-0.15, -0.1) is 0 Å². The van der Waals surface area contributed by atoms with Crippen LogP contribution in [0, 0.1) is 6.92 Å². The molecule has 3 rings (SSSR count). The Morgan fingerprint density at radius 1 is 1.37 bits per heavy atom. The molecule has 2 amide bonds. The third-order valence-corrected chi connectivity index (χ3v) is 4.19. The lowest BCUT2D eigenvalue weighted by Crippen LogP contribution is -2.35. The molecule has 146 valence electrons. The molecule has 1 aliphatic carbocycles. The Hall–Kier alpha value is -2.68. The van der Waals surface area contributed by atoms with Crippen LogP contribution in [0.5, 0.6) is 0 Å². The Morgan fingerprint density at radius 2 is 2.07 bits per heavy atom. The number of hydrogen-bond donors (Lipinski definition) is 1. The van der Waals surface area contributed by atoms with E-state index >= 15 is 0 Å². The summed E-state index contributed by atoms with van der Waals surface area (Å²) < 4.78 is 12.1. The molecule has 2 atom stereocenters. The molecule has 0 radical (unpaired) electrons. The molecule has 0 aromatic carbocycles. The van der Waals surface area contributed by atoms with Crippen LogP contribution in [0.2, 0.25) is 0 Å². The van der Waals surface area contributed by atoms with Crippen molar-refractivity contribution in [2.45, 2.75) is 51.9 Å². The molecule has 0 spiro atoms. The van der Waals surface area contributed by atoms with Crippen LogP contribution >= 0.6 is 0 Å². The normalized spacial score (nSPS) is 19.0. The summed E-state index contributed by atoms with van der Waals surface area (Å²) in [5.41, 5.74) is 0.764. The van der Waals surface area contributed by atoms with Crippen LogP contribution in [0.25, 0.3) is 5.65 Å². The highest BCUT2D eigenvalue weighted by Crippen LogP contribution is 2.26. The number of carbonyl (C=O) groups excluding carboxylic acids is 2. The monoisotopic (exact) mass is 375 g/mol. The van der Waals surface area contributed by atoms with Crippen molar-refractivity contribution in [2.24, 2.45) is 0 Å². The molecular weight excluding hydrogens is 350 g/mol. The summed E-state index contributed by atoms with van der Waals surface area (Å²) in [6, 6.07) is 1.72. The van der Waals surface area contributed by atoms with Gasteiger partial charge >= 0.3 is 6.09 Å². The highest BCUT2D eigenvalue weighted by Gasteiger charge is 2.39. The summed E-state index contributed by atoms with van der Waals surface area (Å²) in [5, 5.41) is 7.17. The van der Waals surface area contributed by atoms with Gasteiger partial charge in [-0.05, 0) is 34.1 Å². The molecule has 2 heterocycles. The maximum Gasteiger partial charge on any atom is 0.415 e. The lowest BCUT2D eigenvalue weighted by Gasteiger charge is -2.25. The molecule has 9 heteroatoms. The first-order chi connectivity index (χ1) is 12.6. The predicted molar refractivity (Wildman–Crippen MR) is 99.0 cm³/mol. The standard InChI is InChI=1S/C18H25N5O4/c1-10-7-14(22(5)17(25)27-18(2,3)4)23-15(20-10)11(9-19-23)16(24)21-12-8-13(12)26-6/h7,9,12-13H,8H2,1-6H3,(H,21,24)/t12-,13-/m1/s1. The number of nitrogens with zero attached hydrogens (tertiary/aromatic N) is 4. The molecule has 1 saturated carbocycles. The van der Waals surface area contributed by atoms with E-state index in [4.69, 9.17) is 9.47 Å². The van der Waals surface area contributed by atoms with E-state index in [-0.39, 0.29) is 18.1 Å². The van der Waals surface area contributed by atoms with Crippen LogP contribution in [0.3, 0.4) is 0 Å². The van der Waals surface area contributed by atoms with Crippen molar-refractivity contribution in [1.29, 1.82) is 0 Å². The van der Waals surface area contributed by atoms with E-state index in [1.807, 2.05) is 0 Å². The van der Waals surface area contributed by atoms with Gasteiger partial charge in [0.05, 0.1) is 18.3 Å². The number of rotatable bonds is 4. The maximum absolute atomic E-state index is 12.6. The number of anilines is 1. The van der Waals surface area contributed by atoms with Crippen molar-refractivity contribution < 1.29 is 19.1 Å². The number of nitrogens with one attached hydrogen (secondary N) is 1. The SMILES string of the molecule is CO[C@@H]1C[C@H]1NC(=O)c1cnn2c(N(C)C(=O)OC(C)(C)C)cc(C)nc12. The average molecular weight is 375 g/mol. The third-order valence-electron chi connectivity index (χ3n) is 4.19. The zero-order valence-corrected chi connectivity index (χ0v) is 16.4. The smallest absolute Gasteiger partial charge is 0.415 e. The average Bonchev–Trinajstić information content (AvgIpc) is 3.18. The van der Waals surface area contributed by atoms with Gasteiger partial charge in [0.1, 0.15) is 17.0 Å². The van der Waals surface area contributed by atoms with Gasteiger partial charge in [0.15, 0.2) is 5.65 Å². The zero-order valence-electron chi connectivity index (χ0n) is 16.4. The van der Waals surface area contributed by atoms with Gasteiger partial charge in [-0.25, -0.2) is 9.78 Å². The fraction of sp³-hybridized carbons (Fsp3) is 0.556. The van der Waals surface area contributed by atoms with Crippen molar-refractivity contribution in [3.8, 4) is 0 Å². The zero-order chi connectivity index (χ0) is 19.9. The number of fused-ring (bicyclic) bond motifs is 1. The number of hydrogen-bond acceptors (Lipinski definition) is 6. The molecule has 0 unspecified atom stereocenters. The highest BCUT2D eigenvalue weighted by atomic mass is 16.6. The minimum Gasteiger partial charge on any atom is -0.443 e. The molecule has 2 aromatic rings. The second-order valence-electron chi connectivity index (χ2n) is 7.68. The largest absolute Gasteiger partial charge is 0.443 e. The lowest BCUT2D eigenvalue weighted by atomic mass is 10.2. The van der Waals surface area contributed by atoms with Crippen LogP contribution in [0.1, 0.15) is 43.2 Å². The Kier molecular flexibility index (Phi) is 4.81. The van der Waals surface area contributed by atoms with Crippen molar-refractivity contribution in [1.82, 2.24) is 19.9 Å². The second-order valence-corrected chi connectivity index (χ2v) is 7.68. The van der Waals surface area contributed by atoms with Crippen LogP contribution in [0.15, 0.2) is 12.3 Å². The maximum atomic E-state index is 12.6. The van der Waals surface area contributed by atoms with E-state index in [0.29, 0.717) is 22.7 Å². The first-order valence-electron chi connectivity index (χ1n) is 8.76. The van der Waals surface area contributed by atoms with Gasteiger partial charge in [0.25, 0.3) is 5.91 Å². The van der Waals surface area contributed by atoms with E-state index in [0.717, 1.165) is 6.42 Å². The summed E-state index contributed by atoms with van der Waals surface area (Å²) in [6.45, 7) is 7.19. The Morgan fingerprint density at radius 3 is 2.67 bits per heavy atom. The van der Waals surface area contributed by atoms with Gasteiger partial charge in [-0.1, -0.05) is 0 Å². The first-order valence-corrected chi connectivity index (χ1v) is 8.76. The minimum atomic E-state index is -0.621. The fourth-order valence-corrected chi connectivity index (χ4v) is 2.72. The molecule has 2 aromatic heterocycles. The van der Waals surface area contributed by atoms with E-state index in [2.05, 4.69) is 15.4 Å². The van der Waals surface area contributed by atoms with E-state index in [9.17, 15) is 9.59 Å². The molecule has 0 bridgehead atoms. The van der Waals surface area contributed by atoms with Crippen molar-refractivity contribution in [3.05, 3.63) is 23.5 Å². The number of aryl methyl sites for hydroxylation is 1. The van der Waals surface area contributed by atoms with Crippen LogP contribution in [-0.2, 0) is 9.47 Å². The predicted octanol–water partition coefficient (Wildman–Crippen LogP) is 1.93. The molecule has 27 heavy (non-hydrogen) atoms. The van der Waals surface area contributed by atoms with Gasteiger partial charge in [0, 0.05) is 25.9 Å². The van der Waals surface area contributed by atoms with Gasteiger partial charge < -0.3 is 14.8 Å². The summed E-state index contributed by atoms with van der Waals surface area (Å²) in [5.74, 6) is 0.200. The fourth-order valence-electron chi connectivity index (χ4n) is 2.72. The third kappa shape index (κ3) is 4.02. The second kappa shape index (κ2) is 6.80. The quantitative estimate of drug-likeness (QED) is 0.877. The number of ether oxygens (including phenoxy) is 2. The highest BCUT2D eigenvalue weighted by molar-refractivity contribution is 6.00. The molecular formula is C18H25N5O4.